The molecule has 21 heavy (non-hydrogen) atoms. The largest absolute Gasteiger partial charge is 0.361 e. The first-order valence-corrected chi connectivity index (χ1v) is 7.86. The van der Waals surface area contributed by atoms with E-state index < -0.39 is 0 Å². The van der Waals surface area contributed by atoms with Gasteiger partial charge >= 0.3 is 0 Å². The second-order valence-corrected chi connectivity index (χ2v) is 5.77. The van der Waals surface area contributed by atoms with Crippen molar-refractivity contribution in [2.24, 2.45) is 0 Å². The molecule has 1 aliphatic rings. The van der Waals surface area contributed by atoms with Gasteiger partial charge in [0.25, 0.3) is 5.91 Å². The normalized spacial score (nSPS) is 16.5. The van der Waals surface area contributed by atoms with Gasteiger partial charge in [0.15, 0.2) is 0 Å². The highest BCUT2D eigenvalue weighted by Crippen LogP contribution is 2.16. The van der Waals surface area contributed by atoms with Crippen LogP contribution in [0, 0.1) is 0 Å². The monoisotopic (exact) mass is 285 g/mol. The number of fused-ring (bicyclic) bond motifs is 1. The fourth-order valence-electron chi connectivity index (χ4n) is 2.92. The van der Waals surface area contributed by atoms with Crippen molar-refractivity contribution in [2.75, 3.05) is 32.7 Å². The molecule has 2 aromatic rings. The quantitative estimate of drug-likeness (QED) is 0.938. The van der Waals surface area contributed by atoms with E-state index in [0.717, 1.165) is 49.2 Å². The number of hydrogen-bond donors (Lipinski definition) is 1. The number of benzene rings is 1. The molecule has 1 N–H and O–H groups in total. The fourth-order valence-corrected chi connectivity index (χ4v) is 2.92. The SMILES string of the molecule is CCCCN1CCN(C(=O)c2ccc3cc[nH]c3c2)CC1. The van der Waals surface area contributed by atoms with Crippen molar-refractivity contribution in [1.29, 1.82) is 0 Å². The molecule has 3 rings (SSSR count). The summed E-state index contributed by atoms with van der Waals surface area (Å²) < 4.78 is 0. The van der Waals surface area contributed by atoms with Gasteiger partial charge in [0, 0.05) is 43.5 Å². The summed E-state index contributed by atoms with van der Waals surface area (Å²) >= 11 is 0. The summed E-state index contributed by atoms with van der Waals surface area (Å²) in [5, 5.41) is 1.15. The molecule has 0 saturated carbocycles. The summed E-state index contributed by atoms with van der Waals surface area (Å²) in [5.41, 5.74) is 1.81. The number of aromatic amines is 1. The lowest BCUT2D eigenvalue weighted by Gasteiger charge is -2.34. The minimum Gasteiger partial charge on any atom is -0.361 e. The molecule has 0 atom stereocenters. The van der Waals surface area contributed by atoms with E-state index in [2.05, 4.69) is 16.8 Å². The summed E-state index contributed by atoms with van der Waals surface area (Å²) in [5.74, 6) is 0.154. The third-order valence-corrected chi connectivity index (χ3v) is 4.29. The Labute approximate surface area is 125 Å². The predicted octanol–water partition coefficient (Wildman–Crippen LogP) is 2.73. The van der Waals surface area contributed by atoms with Gasteiger partial charge in [-0.3, -0.25) is 9.69 Å². The van der Waals surface area contributed by atoms with Crippen LogP contribution in [0.2, 0.25) is 0 Å². The van der Waals surface area contributed by atoms with Gasteiger partial charge in [-0.15, -0.1) is 0 Å². The van der Waals surface area contributed by atoms with Gasteiger partial charge < -0.3 is 9.88 Å². The first-order chi connectivity index (χ1) is 10.3. The molecular formula is C17H23N3O. The Morgan fingerprint density at radius 1 is 1.19 bits per heavy atom. The van der Waals surface area contributed by atoms with Crippen molar-refractivity contribution in [3.63, 3.8) is 0 Å². The van der Waals surface area contributed by atoms with Crippen LogP contribution in [0.5, 0.6) is 0 Å². The third kappa shape index (κ3) is 3.10. The van der Waals surface area contributed by atoms with Crippen LogP contribution in [0.15, 0.2) is 30.5 Å². The highest BCUT2D eigenvalue weighted by molar-refractivity contribution is 5.98. The number of carbonyl (C=O) groups is 1. The summed E-state index contributed by atoms with van der Waals surface area (Å²) in [7, 11) is 0. The zero-order chi connectivity index (χ0) is 14.7. The van der Waals surface area contributed by atoms with Crippen molar-refractivity contribution < 1.29 is 4.79 Å². The Hall–Kier alpha value is -1.81. The molecule has 1 aliphatic heterocycles. The number of piperazine rings is 1. The van der Waals surface area contributed by atoms with Crippen LogP contribution >= 0.6 is 0 Å². The number of nitrogens with zero attached hydrogens (tertiary/aromatic N) is 2. The summed E-state index contributed by atoms with van der Waals surface area (Å²) in [4.78, 5) is 20.2. The van der Waals surface area contributed by atoms with Gasteiger partial charge in [-0.1, -0.05) is 19.4 Å². The molecule has 1 saturated heterocycles. The average Bonchev–Trinajstić information content (AvgIpc) is 3.00. The van der Waals surface area contributed by atoms with Gasteiger partial charge in [0.2, 0.25) is 0 Å². The zero-order valence-corrected chi connectivity index (χ0v) is 12.6. The van der Waals surface area contributed by atoms with E-state index in [9.17, 15) is 4.79 Å². The number of hydrogen-bond acceptors (Lipinski definition) is 2. The Kier molecular flexibility index (Phi) is 4.25. The standard InChI is InChI=1S/C17H23N3O/c1-2-3-8-19-9-11-20(12-10-19)17(21)15-5-4-14-6-7-18-16(14)13-15/h4-7,13,18H,2-3,8-12H2,1H3. The maximum absolute atomic E-state index is 12.6. The van der Waals surface area contributed by atoms with E-state index in [-0.39, 0.29) is 5.91 Å². The number of amides is 1. The summed E-state index contributed by atoms with van der Waals surface area (Å²) in [6.45, 7) is 7.05. The van der Waals surface area contributed by atoms with Crippen LogP contribution in [0.25, 0.3) is 10.9 Å². The first-order valence-electron chi connectivity index (χ1n) is 7.86. The lowest BCUT2D eigenvalue weighted by molar-refractivity contribution is 0.0636. The molecule has 1 fully saturated rings. The van der Waals surface area contributed by atoms with Crippen molar-refractivity contribution in [2.45, 2.75) is 19.8 Å². The predicted molar refractivity (Wildman–Crippen MR) is 85.6 cm³/mol. The number of unbranched alkanes of at least 4 members (excludes halogenated alkanes) is 1. The van der Waals surface area contributed by atoms with Crippen molar-refractivity contribution in [3.8, 4) is 0 Å². The van der Waals surface area contributed by atoms with Crippen LogP contribution < -0.4 is 0 Å². The molecule has 1 aromatic heterocycles. The highest BCUT2D eigenvalue weighted by Gasteiger charge is 2.21. The van der Waals surface area contributed by atoms with Gasteiger partial charge in [-0.2, -0.15) is 0 Å². The van der Waals surface area contributed by atoms with Gasteiger partial charge in [-0.05, 0) is 36.6 Å². The number of aromatic nitrogens is 1. The minimum absolute atomic E-state index is 0.154. The smallest absolute Gasteiger partial charge is 0.254 e. The Morgan fingerprint density at radius 2 is 2.00 bits per heavy atom. The average molecular weight is 285 g/mol. The molecule has 0 unspecified atom stereocenters. The number of H-pyrrole nitrogens is 1. The Balaban J connectivity index is 1.63. The first kappa shape index (κ1) is 14.1. The topological polar surface area (TPSA) is 39.3 Å². The van der Waals surface area contributed by atoms with Gasteiger partial charge in [0.05, 0.1) is 0 Å². The third-order valence-electron chi connectivity index (χ3n) is 4.29. The second-order valence-electron chi connectivity index (χ2n) is 5.77. The molecular weight excluding hydrogens is 262 g/mol. The number of carbonyl (C=O) groups excluding carboxylic acids is 1. The Morgan fingerprint density at radius 3 is 2.76 bits per heavy atom. The molecule has 1 aromatic carbocycles. The highest BCUT2D eigenvalue weighted by atomic mass is 16.2. The molecule has 0 bridgehead atoms. The minimum atomic E-state index is 0.154. The van der Waals surface area contributed by atoms with Crippen molar-refractivity contribution >= 4 is 16.8 Å². The molecule has 4 nitrogen and oxygen atoms in total. The number of nitrogens with one attached hydrogen (secondary N) is 1. The molecule has 2 heterocycles. The van der Waals surface area contributed by atoms with E-state index in [1.807, 2.05) is 35.4 Å². The van der Waals surface area contributed by atoms with Crippen molar-refractivity contribution in [3.05, 3.63) is 36.0 Å². The maximum atomic E-state index is 12.6. The van der Waals surface area contributed by atoms with Crippen molar-refractivity contribution in [1.82, 2.24) is 14.8 Å². The molecule has 112 valence electrons. The van der Waals surface area contributed by atoms with Crippen LogP contribution in [-0.2, 0) is 0 Å². The van der Waals surface area contributed by atoms with E-state index >= 15 is 0 Å². The van der Waals surface area contributed by atoms with Gasteiger partial charge in [0.1, 0.15) is 0 Å². The Bertz CT molecular complexity index is 611. The number of rotatable bonds is 4. The van der Waals surface area contributed by atoms with Crippen LogP contribution in [0.3, 0.4) is 0 Å². The second kappa shape index (κ2) is 6.31. The maximum Gasteiger partial charge on any atom is 0.254 e. The summed E-state index contributed by atoms with van der Waals surface area (Å²) in [6, 6.07) is 7.93. The lowest BCUT2D eigenvalue weighted by Crippen LogP contribution is -2.48. The van der Waals surface area contributed by atoms with E-state index in [1.165, 1.54) is 12.8 Å². The zero-order valence-electron chi connectivity index (χ0n) is 12.6. The fraction of sp³-hybridized carbons (Fsp3) is 0.471. The van der Waals surface area contributed by atoms with Crippen LogP contribution in [0.4, 0.5) is 0 Å². The lowest BCUT2D eigenvalue weighted by atomic mass is 10.1. The van der Waals surface area contributed by atoms with E-state index in [0.29, 0.717) is 0 Å². The summed E-state index contributed by atoms with van der Waals surface area (Å²) in [6.07, 6.45) is 4.39. The van der Waals surface area contributed by atoms with Crippen LogP contribution in [-0.4, -0.2) is 53.4 Å². The van der Waals surface area contributed by atoms with Crippen LogP contribution in [0.1, 0.15) is 30.1 Å². The van der Waals surface area contributed by atoms with Gasteiger partial charge in [-0.25, -0.2) is 0 Å². The van der Waals surface area contributed by atoms with E-state index in [1.54, 1.807) is 0 Å². The molecule has 1 amide bonds. The molecule has 4 heteroatoms. The molecule has 0 aliphatic carbocycles. The molecule has 0 spiro atoms. The van der Waals surface area contributed by atoms with E-state index in [4.69, 9.17) is 0 Å². The molecule has 0 radical (unpaired) electrons.